The van der Waals surface area contributed by atoms with Crippen LogP contribution in [0.1, 0.15) is 29.7 Å². The highest BCUT2D eigenvalue weighted by Gasteiger charge is 2.62. The van der Waals surface area contributed by atoms with Crippen molar-refractivity contribution < 1.29 is 22.0 Å². The van der Waals surface area contributed by atoms with Crippen LogP contribution < -0.4 is 5.32 Å². The van der Waals surface area contributed by atoms with Gasteiger partial charge in [0.2, 0.25) is 0 Å². The number of halogens is 5. The van der Waals surface area contributed by atoms with Gasteiger partial charge in [-0.25, -0.2) is 0 Å². The molecule has 1 aromatic rings. The Labute approximate surface area is 108 Å². The summed E-state index contributed by atoms with van der Waals surface area (Å²) in [7, 11) is 0. The summed E-state index contributed by atoms with van der Waals surface area (Å²) >= 11 is 0. The summed E-state index contributed by atoms with van der Waals surface area (Å²) in [6, 6.07) is 2.14. The molecule has 0 bridgehead atoms. The zero-order chi connectivity index (χ0) is 14.8. The molecule has 0 amide bonds. The first-order chi connectivity index (χ1) is 8.61. The lowest BCUT2D eigenvalue weighted by Gasteiger charge is -2.29. The fourth-order valence-corrected chi connectivity index (χ4v) is 1.77. The van der Waals surface area contributed by atoms with E-state index in [1.807, 2.05) is 0 Å². The lowest BCUT2D eigenvalue weighted by molar-refractivity contribution is -0.294. The lowest BCUT2D eigenvalue weighted by Crippen LogP contribution is -2.48. The van der Waals surface area contributed by atoms with E-state index >= 15 is 0 Å². The first kappa shape index (κ1) is 15.9. The average molecular weight is 281 g/mol. The van der Waals surface area contributed by atoms with Gasteiger partial charge in [-0.3, -0.25) is 0 Å². The van der Waals surface area contributed by atoms with E-state index in [0.717, 1.165) is 5.56 Å². The van der Waals surface area contributed by atoms with Crippen LogP contribution in [0.5, 0.6) is 0 Å². The Bertz CT molecular complexity index is 439. The molecule has 1 N–H and O–H groups in total. The highest BCUT2D eigenvalue weighted by molar-refractivity contribution is 5.33. The van der Waals surface area contributed by atoms with Gasteiger partial charge in [-0.1, -0.05) is 25.1 Å². The highest BCUT2D eigenvalue weighted by atomic mass is 19.4. The minimum absolute atomic E-state index is 0.0171. The Morgan fingerprint density at radius 1 is 1.05 bits per heavy atom. The molecule has 19 heavy (non-hydrogen) atoms. The van der Waals surface area contributed by atoms with Gasteiger partial charge in [-0.2, -0.15) is 22.0 Å². The minimum Gasteiger partial charge on any atom is -0.305 e. The molecule has 0 fully saturated rings. The van der Waals surface area contributed by atoms with E-state index in [0.29, 0.717) is 5.56 Å². The third-order valence-corrected chi connectivity index (χ3v) is 3.01. The summed E-state index contributed by atoms with van der Waals surface area (Å²) in [4.78, 5) is 0. The molecule has 0 heterocycles. The first-order valence-corrected chi connectivity index (χ1v) is 5.86. The van der Waals surface area contributed by atoms with Gasteiger partial charge in [-0.05, 0) is 37.1 Å². The number of rotatable bonds is 4. The van der Waals surface area contributed by atoms with E-state index in [-0.39, 0.29) is 12.1 Å². The maximum atomic E-state index is 13.5. The topological polar surface area (TPSA) is 12.0 Å². The number of benzene rings is 1. The Kier molecular flexibility index (Phi) is 4.55. The number of hydrogen-bond donors (Lipinski definition) is 1. The molecule has 0 aliphatic heterocycles. The molecule has 6 heteroatoms. The maximum absolute atomic E-state index is 13.5. The molecule has 0 radical (unpaired) electrons. The van der Waals surface area contributed by atoms with Crippen LogP contribution in [0, 0.1) is 13.8 Å². The van der Waals surface area contributed by atoms with Crippen LogP contribution in [0.15, 0.2) is 18.2 Å². The van der Waals surface area contributed by atoms with Crippen molar-refractivity contribution in [3.8, 4) is 0 Å². The third kappa shape index (κ3) is 3.23. The fourth-order valence-electron chi connectivity index (χ4n) is 1.77. The van der Waals surface area contributed by atoms with Crippen molar-refractivity contribution in [2.24, 2.45) is 0 Å². The van der Waals surface area contributed by atoms with Crippen LogP contribution in [0.4, 0.5) is 22.0 Å². The molecule has 1 rings (SSSR count). The van der Waals surface area contributed by atoms with Gasteiger partial charge >= 0.3 is 12.1 Å². The Morgan fingerprint density at radius 2 is 1.63 bits per heavy atom. The zero-order valence-electron chi connectivity index (χ0n) is 10.9. The van der Waals surface area contributed by atoms with E-state index in [4.69, 9.17) is 0 Å². The summed E-state index contributed by atoms with van der Waals surface area (Å²) in [5.41, 5.74) is 1.46. The highest BCUT2D eigenvalue weighted by Crippen LogP contribution is 2.44. The Morgan fingerprint density at radius 3 is 2.05 bits per heavy atom. The molecule has 108 valence electrons. The predicted octanol–water partition coefficient (Wildman–Crippen LogP) is 4.15. The second kappa shape index (κ2) is 5.45. The van der Waals surface area contributed by atoms with E-state index < -0.39 is 18.1 Å². The van der Waals surface area contributed by atoms with Gasteiger partial charge in [0.15, 0.2) is 0 Å². The molecule has 0 aliphatic carbocycles. The van der Waals surface area contributed by atoms with Gasteiger partial charge in [0.1, 0.15) is 6.04 Å². The second-order valence-corrected chi connectivity index (χ2v) is 4.46. The quantitative estimate of drug-likeness (QED) is 0.817. The fraction of sp³-hybridized carbons (Fsp3) is 0.538. The number of alkyl halides is 5. The van der Waals surface area contributed by atoms with E-state index in [1.54, 1.807) is 19.9 Å². The molecular formula is C13H16F5N. The summed E-state index contributed by atoms with van der Waals surface area (Å²) in [5, 5.41) is 2.22. The van der Waals surface area contributed by atoms with Crippen molar-refractivity contribution in [1.82, 2.24) is 5.32 Å². The van der Waals surface area contributed by atoms with Crippen molar-refractivity contribution >= 4 is 0 Å². The number of aryl methyl sites for hydroxylation is 2. The molecule has 0 spiro atoms. The third-order valence-electron chi connectivity index (χ3n) is 3.01. The number of nitrogens with one attached hydrogen (secondary N) is 1. The first-order valence-electron chi connectivity index (χ1n) is 5.86. The van der Waals surface area contributed by atoms with E-state index in [1.165, 1.54) is 19.1 Å². The Hall–Kier alpha value is -1.17. The van der Waals surface area contributed by atoms with Gasteiger partial charge in [0.05, 0.1) is 0 Å². The molecule has 0 saturated heterocycles. The monoisotopic (exact) mass is 281 g/mol. The van der Waals surface area contributed by atoms with Crippen molar-refractivity contribution in [1.29, 1.82) is 0 Å². The maximum Gasteiger partial charge on any atom is 0.455 e. The molecule has 0 saturated carbocycles. The summed E-state index contributed by atoms with van der Waals surface area (Å²) in [6.45, 7) is 4.95. The normalized spacial score (nSPS) is 14.5. The van der Waals surface area contributed by atoms with Gasteiger partial charge in [-0.15, -0.1) is 0 Å². The SMILES string of the molecule is CCNC(c1ccc(C)c(C)c1)C(F)(F)C(F)(F)F. The average Bonchev–Trinajstić information content (AvgIpc) is 2.28. The van der Waals surface area contributed by atoms with Crippen LogP contribution in [0.3, 0.4) is 0 Å². The second-order valence-electron chi connectivity index (χ2n) is 4.46. The molecule has 1 atom stereocenters. The van der Waals surface area contributed by atoms with Crippen LogP contribution in [-0.4, -0.2) is 18.6 Å². The van der Waals surface area contributed by atoms with Gasteiger partial charge in [0.25, 0.3) is 0 Å². The summed E-state index contributed by atoms with van der Waals surface area (Å²) in [6.07, 6.45) is -5.58. The standard InChI is InChI=1S/C13H16F5N/c1-4-19-11(12(14,15)13(16,17)18)10-6-5-8(2)9(3)7-10/h5-7,11,19H,4H2,1-3H3. The summed E-state index contributed by atoms with van der Waals surface area (Å²) in [5.74, 6) is -4.81. The van der Waals surface area contributed by atoms with Crippen LogP contribution in [0.25, 0.3) is 0 Å². The zero-order valence-corrected chi connectivity index (χ0v) is 10.9. The number of hydrogen-bond acceptors (Lipinski definition) is 1. The van der Waals surface area contributed by atoms with E-state index in [9.17, 15) is 22.0 Å². The molecule has 1 unspecified atom stereocenters. The largest absolute Gasteiger partial charge is 0.455 e. The molecule has 1 aromatic carbocycles. The van der Waals surface area contributed by atoms with Gasteiger partial charge in [0, 0.05) is 0 Å². The van der Waals surface area contributed by atoms with Crippen molar-refractivity contribution in [3.05, 3.63) is 34.9 Å². The minimum atomic E-state index is -5.58. The van der Waals surface area contributed by atoms with Crippen LogP contribution in [-0.2, 0) is 0 Å². The van der Waals surface area contributed by atoms with Crippen molar-refractivity contribution in [2.75, 3.05) is 6.54 Å². The smallest absolute Gasteiger partial charge is 0.305 e. The Balaban J connectivity index is 3.24. The molecule has 1 nitrogen and oxygen atoms in total. The van der Waals surface area contributed by atoms with E-state index in [2.05, 4.69) is 5.32 Å². The molecule has 0 aliphatic rings. The van der Waals surface area contributed by atoms with Crippen LogP contribution in [0.2, 0.25) is 0 Å². The lowest BCUT2D eigenvalue weighted by atomic mass is 9.96. The summed E-state index contributed by atoms with van der Waals surface area (Å²) < 4.78 is 64.5. The predicted molar refractivity (Wildman–Crippen MR) is 63.3 cm³/mol. The van der Waals surface area contributed by atoms with Crippen LogP contribution >= 0.6 is 0 Å². The van der Waals surface area contributed by atoms with Gasteiger partial charge < -0.3 is 5.32 Å². The van der Waals surface area contributed by atoms with Crippen molar-refractivity contribution in [3.63, 3.8) is 0 Å². The molecular weight excluding hydrogens is 265 g/mol. The molecule has 0 aromatic heterocycles. The van der Waals surface area contributed by atoms with Crippen molar-refractivity contribution in [2.45, 2.75) is 38.9 Å².